The third-order valence-electron chi connectivity index (χ3n) is 2.42. The van der Waals surface area contributed by atoms with Crippen molar-refractivity contribution in [1.82, 2.24) is 4.90 Å². The molecule has 1 aliphatic rings. The predicted molar refractivity (Wildman–Crippen MR) is 59.1 cm³/mol. The maximum atomic E-state index is 11.8. The molecule has 2 unspecified atom stereocenters. The van der Waals surface area contributed by atoms with E-state index >= 15 is 0 Å². The molecular weight excluding hydrogens is 210 g/mol. The van der Waals surface area contributed by atoms with Gasteiger partial charge in [0, 0.05) is 13.1 Å². The molecule has 1 saturated heterocycles. The van der Waals surface area contributed by atoms with Crippen LogP contribution in [-0.2, 0) is 14.3 Å². The number of aliphatic hydroxyl groups is 1. The van der Waals surface area contributed by atoms with Crippen LogP contribution in [-0.4, -0.2) is 60.5 Å². The molecule has 5 nitrogen and oxygen atoms in total. The lowest BCUT2D eigenvalue weighted by atomic mass is 10.2. The Labute approximate surface area is 96.3 Å². The van der Waals surface area contributed by atoms with Crippen molar-refractivity contribution >= 4 is 5.91 Å². The second kappa shape index (κ2) is 6.18. The SMILES string of the molecule is CC(C)OCC(=O)N1CC(C)OC(CO)C1. The Kier molecular flexibility index (Phi) is 5.18. The summed E-state index contributed by atoms with van der Waals surface area (Å²) in [4.78, 5) is 13.5. The minimum atomic E-state index is -0.272. The molecule has 0 aliphatic carbocycles. The molecule has 0 saturated carbocycles. The fourth-order valence-electron chi connectivity index (χ4n) is 1.68. The zero-order valence-corrected chi connectivity index (χ0v) is 10.2. The number of nitrogens with zero attached hydrogens (tertiary/aromatic N) is 1. The van der Waals surface area contributed by atoms with Gasteiger partial charge in [0.25, 0.3) is 0 Å². The zero-order chi connectivity index (χ0) is 12.1. The normalized spacial score (nSPS) is 26.2. The number of hydrogen-bond donors (Lipinski definition) is 1. The van der Waals surface area contributed by atoms with Gasteiger partial charge < -0.3 is 19.5 Å². The van der Waals surface area contributed by atoms with E-state index in [1.807, 2.05) is 20.8 Å². The minimum absolute atomic E-state index is 0.0334. The fraction of sp³-hybridized carbons (Fsp3) is 0.909. The first-order valence-electron chi connectivity index (χ1n) is 5.68. The van der Waals surface area contributed by atoms with Gasteiger partial charge in [0.1, 0.15) is 6.61 Å². The minimum Gasteiger partial charge on any atom is -0.394 e. The maximum absolute atomic E-state index is 11.8. The van der Waals surface area contributed by atoms with Gasteiger partial charge in [-0.05, 0) is 20.8 Å². The van der Waals surface area contributed by atoms with Crippen LogP contribution in [0, 0.1) is 0 Å². The summed E-state index contributed by atoms with van der Waals surface area (Å²) >= 11 is 0. The van der Waals surface area contributed by atoms with Crippen LogP contribution < -0.4 is 0 Å². The van der Waals surface area contributed by atoms with Crippen LogP contribution in [0.2, 0.25) is 0 Å². The van der Waals surface area contributed by atoms with Crippen LogP contribution in [0.25, 0.3) is 0 Å². The summed E-state index contributed by atoms with van der Waals surface area (Å²) in [6.07, 6.45) is -0.253. The molecule has 0 bridgehead atoms. The van der Waals surface area contributed by atoms with E-state index in [-0.39, 0.29) is 37.4 Å². The quantitative estimate of drug-likeness (QED) is 0.741. The molecule has 0 radical (unpaired) electrons. The van der Waals surface area contributed by atoms with Gasteiger partial charge in [0.15, 0.2) is 0 Å². The summed E-state index contributed by atoms with van der Waals surface area (Å²) in [5.41, 5.74) is 0. The van der Waals surface area contributed by atoms with Crippen LogP contribution in [0.5, 0.6) is 0 Å². The van der Waals surface area contributed by atoms with Gasteiger partial charge in [-0.2, -0.15) is 0 Å². The van der Waals surface area contributed by atoms with Crippen molar-refractivity contribution < 1.29 is 19.4 Å². The molecule has 16 heavy (non-hydrogen) atoms. The Balaban J connectivity index is 2.42. The largest absolute Gasteiger partial charge is 0.394 e. The van der Waals surface area contributed by atoms with Gasteiger partial charge in [0.05, 0.1) is 24.9 Å². The van der Waals surface area contributed by atoms with Gasteiger partial charge >= 0.3 is 0 Å². The van der Waals surface area contributed by atoms with Gasteiger partial charge in [-0.15, -0.1) is 0 Å². The third-order valence-corrected chi connectivity index (χ3v) is 2.42. The number of amides is 1. The van der Waals surface area contributed by atoms with Gasteiger partial charge in [-0.1, -0.05) is 0 Å². The highest BCUT2D eigenvalue weighted by Gasteiger charge is 2.27. The Morgan fingerprint density at radius 1 is 1.56 bits per heavy atom. The van der Waals surface area contributed by atoms with E-state index in [0.29, 0.717) is 13.1 Å². The highest BCUT2D eigenvalue weighted by molar-refractivity contribution is 5.77. The average molecular weight is 231 g/mol. The molecule has 0 aromatic carbocycles. The Bertz CT molecular complexity index is 232. The summed E-state index contributed by atoms with van der Waals surface area (Å²) in [6.45, 7) is 6.74. The molecule has 1 amide bonds. The van der Waals surface area contributed by atoms with Crippen molar-refractivity contribution in [1.29, 1.82) is 0 Å². The summed E-state index contributed by atoms with van der Waals surface area (Å²) < 4.78 is 10.7. The highest BCUT2D eigenvalue weighted by Crippen LogP contribution is 2.11. The standard InChI is InChI=1S/C11H21NO4/c1-8(2)15-7-11(14)12-4-9(3)16-10(5-12)6-13/h8-10,13H,4-7H2,1-3H3. The molecule has 5 heteroatoms. The number of ether oxygens (including phenoxy) is 2. The number of carbonyl (C=O) groups is 1. The van der Waals surface area contributed by atoms with Crippen molar-refractivity contribution in [2.45, 2.75) is 39.1 Å². The molecule has 2 atom stereocenters. The topological polar surface area (TPSA) is 59.0 Å². The van der Waals surface area contributed by atoms with E-state index in [2.05, 4.69) is 0 Å². The number of aliphatic hydroxyl groups excluding tert-OH is 1. The van der Waals surface area contributed by atoms with Crippen molar-refractivity contribution in [3.8, 4) is 0 Å². The van der Waals surface area contributed by atoms with Crippen molar-refractivity contribution in [2.24, 2.45) is 0 Å². The number of carbonyl (C=O) groups excluding carboxylic acids is 1. The highest BCUT2D eigenvalue weighted by atomic mass is 16.5. The number of rotatable bonds is 4. The summed E-state index contributed by atoms with van der Waals surface area (Å²) in [5.74, 6) is -0.0395. The monoisotopic (exact) mass is 231 g/mol. The first-order chi connectivity index (χ1) is 7.52. The van der Waals surface area contributed by atoms with E-state index in [1.165, 1.54) is 0 Å². The van der Waals surface area contributed by atoms with Crippen LogP contribution in [0.15, 0.2) is 0 Å². The zero-order valence-electron chi connectivity index (χ0n) is 10.2. The average Bonchev–Trinajstić information content (AvgIpc) is 2.24. The molecule has 1 rings (SSSR count). The van der Waals surface area contributed by atoms with E-state index in [9.17, 15) is 4.79 Å². The van der Waals surface area contributed by atoms with Gasteiger partial charge in [0.2, 0.25) is 5.91 Å². The molecular formula is C11H21NO4. The molecule has 94 valence electrons. The maximum Gasteiger partial charge on any atom is 0.248 e. The molecule has 1 aliphatic heterocycles. The lowest BCUT2D eigenvalue weighted by Gasteiger charge is -2.36. The van der Waals surface area contributed by atoms with Crippen LogP contribution in [0.3, 0.4) is 0 Å². The molecule has 0 aromatic heterocycles. The molecule has 0 spiro atoms. The number of hydrogen-bond acceptors (Lipinski definition) is 4. The van der Waals surface area contributed by atoms with Crippen molar-refractivity contribution in [3.63, 3.8) is 0 Å². The second-order valence-electron chi connectivity index (χ2n) is 4.41. The fourth-order valence-corrected chi connectivity index (χ4v) is 1.68. The van der Waals surface area contributed by atoms with Crippen molar-refractivity contribution in [3.05, 3.63) is 0 Å². The Morgan fingerprint density at radius 3 is 2.81 bits per heavy atom. The van der Waals surface area contributed by atoms with E-state index in [4.69, 9.17) is 14.6 Å². The Morgan fingerprint density at radius 2 is 2.25 bits per heavy atom. The van der Waals surface area contributed by atoms with Crippen LogP contribution >= 0.6 is 0 Å². The summed E-state index contributed by atoms with van der Waals surface area (Å²) in [6, 6.07) is 0. The lowest BCUT2D eigenvalue weighted by molar-refractivity contribution is -0.152. The lowest BCUT2D eigenvalue weighted by Crippen LogP contribution is -2.51. The van der Waals surface area contributed by atoms with E-state index in [1.54, 1.807) is 4.90 Å². The summed E-state index contributed by atoms with van der Waals surface area (Å²) in [5, 5.41) is 9.03. The van der Waals surface area contributed by atoms with E-state index in [0.717, 1.165) is 0 Å². The molecule has 1 fully saturated rings. The first-order valence-corrected chi connectivity index (χ1v) is 5.68. The second-order valence-corrected chi connectivity index (χ2v) is 4.41. The Hall–Kier alpha value is -0.650. The van der Waals surface area contributed by atoms with Crippen LogP contribution in [0.1, 0.15) is 20.8 Å². The predicted octanol–water partition coefficient (Wildman–Crippen LogP) is 0.0196. The first kappa shape index (κ1) is 13.4. The van der Waals surface area contributed by atoms with Crippen molar-refractivity contribution in [2.75, 3.05) is 26.3 Å². The molecule has 1 heterocycles. The smallest absolute Gasteiger partial charge is 0.248 e. The molecule has 0 aromatic rings. The van der Waals surface area contributed by atoms with Gasteiger partial charge in [-0.25, -0.2) is 0 Å². The number of morpholine rings is 1. The van der Waals surface area contributed by atoms with Gasteiger partial charge in [-0.3, -0.25) is 4.79 Å². The molecule has 1 N–H and O–H groups in total. The summed E-state index contributed by atoms with van der Waals surface area (Å²) in [7, 11) is 0. The van der Waals surface area contributed by atoms with Crippen LogP contribution in [0.4, 0.5) is 0 Å². The van der Waals surface area contributed by atoms with E-state index < -0.39 is 0 Å². The third kappa shape index (κ3) is 4.08.